The zero-order valence-corrected chi connectivity index (χ0v) is 16.3. The second-order valence-corrected chi connectivity index (χ2v) is 8.19. The number of rotatable bonds is 4. The van der Waals surface area contributed by atoms with Gasteiger partial charge in [-0.3, -0.25) is 4.79 Å². The molecule has 3 rings (SSSR count). The fourth-order valence-electron chi connectivity index (χ4n) is 3.22. The summed E-state index contributed by atoms with van der Waals surface area (Å²) in [7, 11) is -0.551. The molecule has 1 saturated heterocycles. The van der Waals surface area contributed by atoms with E-state index in [4.69, 9.17) is 5.73 Å². The fraction of sp³-hybridized carbons (Fsp3) is 0.353. The van der Waals surface area contributed by atoms with Crippen LogP contribution in [-0.4, -0.2) is 49.4 Å². The maximum atomic E-state index is 13.0. The highest BCUT2D eigenvalue weighted by Crippen LogP contribution is 2.30. The average molecular weight is 399 g/mol. The van der Waals surface area contributed by atoms with E-state index < -0.39 is 10.0 Å². The average Bonchev–Trinajstić information content (AvgIpc) is 3.19. The van der Waals surface area contributed by atoms with Crippen molar-refractivity contribution in [3.8, 4) is 0 Å². The van der Waals surface area contributed by atoms with E-state index in [0.29, 0.717) is 12.2 Å². The second kappa shape index (κ2) is 7.79. The highest BCUT2D eigenvalue weighted by molar-refractivity contribution is 7.89. The van der Waals surface area contributed by atoms with Crippen molar-refractivity contribution in [2.45, 2.75) is 16.9 Å². The molecular formula is C17H23ClN4O3S. The van der Waals surface area contributed by atoms with Gasteiger partial charge in [0.2, 0.25) is 10.0 Å². The van der Waals surface area contributed by atoms with Crippen LogP contribution in [0.2, 0.25) is 0 Å². The smallest absolute Gasteiger partial charge is 0.267 e. The summed E-state index contributed by atoms with van der Waals surface area (Å²) in [5.41, 5.74) is 7.54. The van der Waals surface area contributed by atoms with E-state index >= 15 is 0 Å². The molecule has 0 radical (unpaired) electrons. The van der Waals surface area contributed by atoms with E-state index in [1.54, 1.807) is 7.05 Å². The van der Waals surface area contributed by atoms with E-state index in [1.165, 1.54) is 28.2 Å². The number of sulfonamides is 1. The molecule has 0 saturated carbocycles. The van der Waals surface area contributed by atoms with Gasteiger partial charge in [-0.15, -0.1) is 12.4 Å². The molecule has 0 unspecified atom stereocenters. The van der Waals surface area contributed by atoms with Gasteiger partial charge in [0.05, 0.1) is 0 Å². The van der Waals surface area contributed by atoms with Gasteiger partial charge >= 0.3 is 0 Å². The Morgan fingerprint density at radius 2 is 1.88 bits per heavy atom. The number of benzene rings is 1. The first-order valence-electron chi connectivity index (χ1n) is 8.03. The fourth-order valence-corrected chi connectivity index (χ4v) is 4.79. The number of hydrogen-bond acceptors (Lipinski definition) is 4. The number of carbonyl (C=O) groups is 1. The van der Waals surface area contributed by atoms with Crippen molar-refractivity contribution in [3.05, 3.63) is 53.9 Å². The van der Waals surface area contributed by atoms with Crippen LogP contribution in [-0.2, 0) is 17.1 Å². The summed E-state index contributed by atoms with van der Waals surface area (Å²) in [4.78, 5) is 11.9. The number of nitrogens with two attached hydrogens (primary N) is 1. The minimum absolute atomic E-state index is 0. The van der Waals surface area contributed by atoms with Gasteiger partial charge in [0.25, 0.3) is 5.91 Å². The molecule has 9 heteroatoms. The minimum atomic E-state index is -3.70. The van der Waals surface area contributed by atoms with E-state index in [9.17, 15) is 13.2 Å². The molecule has 1 aromatic heterocycles. The number of amides is 1. The van der Waals surface area contributed by atoms with Crippen molar-refractivity contribution in [2.75, 3.05) is 20.1 Å². The maximum absolute atomic E-state index is 13.0. The molecule has 1 aliphatic heterocycles. The number of hydrogen-bond donors (Lipinski definition) is 2. The topological polar surface area (TPSA) is 97.4 Å². The van der Waals surface area contributed by atoms with Crippen molar-refractivity contribution < 1.29 is 13.2 Å². The molecule has 0 aliphatic carbocycles. The van der Waals surface area contributed by atoms with Gasteiger partial charge in [-0.2, -0.15) is 4.31 Å². The number of aryl methyl sites for hydroxylation is 1. The molecular weight excluding hydrogens is 376 g/mol. The van der Waals surface area contributed by atoms with Crippen LogP contribution in [0.3, 0.4) is 0 Å². The van der Waals surface area contributed by atoms with Gasteiger partial charge in [0.1, 0.15) is 10.6 Å². The number of nitrogens with one attached hydrogen (secondary N) is 1. The van der Waals surface area contributed by atoms with Crippen LogP contribution in [0.1, 0.15) is 22.0 Å². The second-order valence-electron chi connectivity index (χ2n) is 6.25. The summed E-state index contributed by atoms with van der Waals surface area (Å²) in [6.45, 7) is 0.587. The molecule has 3 N–H and O–H groups in total. The van der Waals surface area contributed by atoms with Crippen LogP contribution in [0.15, 0.2) is 47.5 Å². The molecule has 142 valence electrons. The van der Waals surface area contributed by atoms with Crippen molar-refractivity contribution in [1.82, 2.24) is 14.2 Å². The summed E-state index contributed by atoms with van der Waals surface area (Å²) < 4.78 is 28.8. The molecule has 1 aromatic carbocycles. The van der Waals surface area contributed by atoms with Crippen LogP contribution in [0, 0.1) is 0 Å². The van der Waals surface area contributed by atoms with Gasteiger partial charge in [-0.25, -0.2) is 8.42 Å². The Balaban J connectivity index is 0.00000243. The summed E-state index contributed by atoms with van der Waals surface area (Å²) >= 11 is 0. The first-order valence-corrected chi connectivity index (χ1v) is 9.47. The van der Waals surface area contributed by atoms with Crippen LogP contribution >= 0.6 is 12.4 Å². The third kappa shape index (κ3) is 3.64. The number of halogens is 1. The lowest BCUT2D eigenvalue weighted by molar-refractivity contribution is 0.0955. The van der Waals surface area contributed by atoms with Gasteiger partial charge in [-0.05, 0) is 11.6 Å². The van der Waals surface area contributed by atoms with Crippen molar-refractivity contribution >= 4 is 28.3 Å². The van der Waals surface area contributed by atoms with Crippen molar-refractivity contribution in [2.24, 2.45) is 12.8 Å². The summed E-state index contributed by atoms with van der Waals surface area (Å²) in [5, 5.41) is 2.50. The van der Waals surface area contributed by atoms with E-state index in [2.05, 4.69) is 5.32 Å². The van der Waals surface area contributed by atoms with Gasteiger partial charge < -0.3 is 15.6 Å². The number of carbonyl (C=O) groups excluding carboxylic acids is 1. The van der Waals surface area contributed by atoms with Gasteiger partial charge in [0, 0.05) is 45.3 Å². The monoisotopic (exact) mass is 398 g/mol. The first-order chi connectivity index (χ1) is 11.8. The highest BCUT2D eigenvalue weighted by Gasteiger charge is 2.39. The quantitative estimate of drug-likeness (QED) is 0.800. The number of aromatic nitrogens is 1. The molecule has 1 amide bonds. The predicted molar refractivity (Wildman–Crippen MR) is 102 cm³/mol. The predicted octanol–water partition coefficient (Wildman–Crippen LogP) is 0.922. The molecule has 1 fully saturated rings. The summed E-state index contributed by atoms with van der Waals surface area (Å²) in [5.74, 6) is -0.373. The lowest BCUT2D eigenvalue weighted by atomic mass is 9.95. The normalized spacial score (nSPS) is 20.6. The molecule has 1 aliphatic rings. The standard InChI is InChI=1S/C17H22N4O3S.ClH/c1-19-17(22)16-8-13(9-20(16)2)25(23,24)21-10-14(15(18)11-21)12-6-4-3-5-7-12;/h3-9,14-15H,10-11,18H2,1-2H3,(H,19,22);1H/t14-,15+;/m0./s1. The Hall–Kier alpha value is -1.87. The van der Waals surface area contributed by atoms with E-state index in [-0.39, 0.29) is 41.7 Å². The third-order valence-corrected chi connectivity index (χ3v) is 6.43. The van der Waals surface area contributed by atoms with Crippen LogP contribution in [0.25, 0.3) is 0 Å². The maximum Gasteiger partial charge on any atom is 0.267 e. The minimum Gasteiger partial charge on any atom is -0.354 e. The molecule has 7 nitrogen and oxygen atoms in total. The van der Waals surface area contributed by atoms with Crippen LogP contribution in [0.4, 0.5) is 0 Å². The van der Waals surface area contributed by atoms with E-state index in [1.807, 2.05) is 30.3 Å². The molecule has 0 spiro atoms. The first kappa shape index (κ1) is 20.4. The van der Waals surface area contributed by atoms with Gasteiger partial charge in [-0.1, -0.05) is 30.3 Å². The Labute approximate surface area is 159 Å². The van der Waals surface area contributed by atoms with E-state index in [0.717, 1.165) is 5.56 Å². The zero-order valence-electron chi connectivity index (χ0n) is 14.6. The Bertz CT molecular complexity index is 883. The largest absolute Gasteiger partial charge is 0.354 e. The van der Waals surface area contributed by atoms with Crippen LogP contribution in [0.5, 0.6) is 0 Å². The SMILES string of the molecule is CNC(=O)c1cc(S(=O)(=O)N2C[C@@H](N)[C@H](c3ccccc3)C2)cn1C.Cl. The molecule has 26 heavy (non-hydrogen) atoms. The molecule has 2 atom stereocenters. The number of nitrogens with zero attached hydrogens (tertiary/aromatic N) is 2. The van der Waals surface area contributed by atoms with Crippen LogP contribution < -0.4 is 11.1 Å². The lowest BCUT2D eigenvalue weighted by Crippen LogP contribution is -2.32. The highest BCUT2D eigenvalue weighted by atomic mass is 35.5. The Kier molecular flexibility index (Phi) is 6.13. The molecule has 0 bridgehead atoms. The molecule has 2 heterocycles. The summed E-state index contributed by atoms with van der Waals surface area (Å²) in [6, 6.07) is 10.8. The molecule has 2 aromatic rings. The summed E-state index contributed by atoms with van der Waals surface area (Å²) in [6.07, 6.45) is 1.46. The Morgan fingerprint density at radius 3 is 2.50 bits per heavy atom. The van der Waals surface area contributed by atoms with Crippen molar-refractivity contribution in [1.29, 1.82) is 0 Å². The van der Waals surface area contributed by atoms with Crippen molar-refractivity contribution in [3.63, 3.8) is 0 Å². The zero-order chi connectivity index (χ0) is 18.2. The Morgan fingerprint density at radius 1 is 1.23 bits per heavy atom. The van der Waals surface area contributed by atoms with Gasteiger partial charge in [0.15, 0.2) is 0 Å². The lowest BCUT2D eigenvalue weighted by Gasteiger charge is -2.15. The third-order valence-electron chi connectivity index (χ3n) is 4.64.